The monoisotopic (exact) mass is 399 g/mol. The van der Waals surface area contributed by atoms with Gasteiger partial charge in [-0.05, 0) is 37.5 Å². The highest BCUT2D eigenvalue weighted by atomic mass is 32.2. The summed E-state index contributed by atoms with van der Waals surface area (Å²) in [5.74, 6) is -1.54. The lowest BCUT2D eigenvalue weighted by Gasteiger charge is -2.31. The van der Waals surface area contributed by atoms with Gasteiger partial charge in [-0.1, -0.05) is 12.8 Å². The summed E-state index contributed by atoms with van der Waals surface area (Å²) in [7, 11) is -4.52. The van der Waals surface area contributed by atoms with Gasteiger partial charge in [-0.15, -0.1) is 0 Å². The van der Waals surface area contributed by atoms with Gasteiger partial charge in [0.15, 0.2) is 11.0 Å². The van der Waals surface area contributed by atoms with Crippen LogP contribution in [0.5, 0.6) is 0 Å². The van der Waals surface area contributed by atoms with E-state index in [1.807, 2.05) is 0 Å². The number of rotatable bonds is 6. The van der Waals surface area contributed by atoms with Crippen molar-refractivity contribution in [3.8, 4) is 0 Å². The number of carbonyl (C=O) groups is 4. The Labute approximate surface area is 158 Å². The second-order valence-electron chi connectivity index (χ2n) is 7.99. The Morgan fingerprint density at radius 3 is 1.96 bits per heavy atom. The molecule has 0 aromatic heterocycles. The SMILES string of the molecule is O=C1CC(S(=O)(=O)O)C(=O)C1CCC1CCC(CN2C(=O)CCC2=O)CC1. The van der Waals surface area contributed by atoms with Crippen LogP contribution in [0.15, 0.2) is 0 Å². The summed E-state index contributed by atoms with van der Waals surface area (Å²) >= 11 is 0. The molecule has 2 amide bonds. The summed E-state index contributed by atoms with van der Waals surface area (Å²) in [6.45, 7) is 0.486. The van der Waals surface area contributed by atoms with Crippen LogP contribution < -0.4 is 0 Å². The zero-order chi connectivity index (χ0) is 19.8. The van der Waals surface area contributed by atoms with E-state index in [0.717, 1.165) is 25.7 Å². The van der Waals surface area contributed by atoms with Gasteiger partial charge >= 0.3 is 0 Å². The highest BCUT2D eigenvalue weighted by Crippen LogP contribution is 2.35. The van der Waals surface area contributed by atoms with Crippen molar-refractivity contribution in [3.63, 3.8) is 0 Å². The number of amides is 2. The standard InChI is InChI=1S/C18H25NO7S/c20-14-9-15(27(24,25)26)18(23)13(14)6-5-11-1-3-12(4-2-11)10-19-16(21)7-8-17(19)22/h11-13,15H,1-10H2,(H,24,25,26). The maximum Gasteiger partial charge on any atom is 0.275 e. The highest BCUT2D eigenvalue weighted by Gasteiger charge is 2.47. The molecule has 9 heteroatoms. The van der Waals surface area contributed by atoms with Gasteiger partial charge in [0.2, 0.25) is 11.8 Å². The first kappa shape index (κ1) is 20.1. The molecule has 0 radical (unpaired) electrons. The van der Waals surface area contributed by atoms with E-state index in [-0.39, 0.29) is 11.8 Å². The smallest absolute Gasteiger partial charge is 0.275 e. The van der Waals surface area contributed by atoms with Crippen LogP contribution in [-0.4, -0.2) is 53.0 Å². The van der Waals surface area contributed by atoms with Crippen LogP contribution in [0.25, 0.3) is 0 Å². The predicted octanol–water partition coefficient (Wildman–Crippen LogP) is 1.14. The summed E-state index contributed by atoms with van der Waals surface area (Å²) in [6, 6.07) is 0. The molecule has 2 unspecified atom stereocenters. The van der Waals surface area contributed by atoms with Crippen molar-refractivity contribution in [2.45, 2.75) is 63.0 Å². The molecule has 2 saturated carbocycles. The molecule has 1 N–H and O–H groups in total. The van der Waals surface area contributed by atoms with Crippen molar-refractivity contribution < 1.29 is 32.1 Å². The molecule has 0 bridgehead atoms. The molecule has 0 aromatic carbocycles. The quantitative estimate of drug-likeness (QED) is 0.403. The maximum absolute atomic E-state index is 12.1. The number of likely N-dealkylation sites (tertiary alicyclic amines) is 1. The summed E-state index contributed by atoms with van der Waals surface area (Å²) in [5.41, 5.74) is 0. The predicted molar refractivity (Wildman–Crippen MR) is 94.1 cm³/mol. The maximum atomic E-state index is 12.1. The van der Waals surface area contributed by atoms with E-state index in [0.29, 0.717) is 44.1 Å². The number of nitrogens with zero attached hydrogens (tertiary/aromatic N) is 1. The van der Waals surface area contributed by atoms with Crippen molar-refractivity contribution in [3.05, 3.63) is 0 Å². The number of Topliss-reactive ketones (excluding diaryl/α,β-unsaturated/α-hetero) is 2. The highest BCUT2D eigenvalue weighted by molar-refractivity contribution is 7.87. The van der Waals surface area contributed by atoms with Gasteiger partial charge in [0.25, 0.3) is 10.1 Å². The third kappa shape index (κ3) is 4.45. The largest absolute Gasteiger partial charge is 0.299 e. The summed E-state index contributed by atoms with van der Waals surface area (Å²) in [4.78, 5) is 48.9. The average Bonchev–Trinajstić information content (AvgIpc) is 3.07. The van der Waals surface area contributed by atoms with Crippen LogP contribution in [-0.2, 0) is 29.3 Å². The van der Waals surface area contributed by atoms with Gasteiger partial charge in [-0.3, -0.25) is 28.6 Å². The second kappa shape index (κ2) is 7.79. The van der Waals surface area contributed by atoms with Crippen molar-refractivity contribution in [1.29, 1.82) is 0 Å². The second-order valence-corrected chi connectivity index (χ2v) is 9.59. The Morgan fingerprint density at radius 1 is 0.889 bits per heavy atom. The Kier molecular flexibility index (Phi) is 5.81. The van der Waals surface area contributed by atoms with Crippen LogP contribution in [0.1, 0.15) is 57.8 Å². The van der Waals surface area contributed by atoms with E-state index >= 15 is 0 Å². The zero-order valence-corrected chi connectivity index (χ0v) is 15.9. The fourth-order valence-electron chi connectivity index (χ4n) is 4.55. The van der Waals surface area contributed by atoms with Crippen LogP contribution in [0.2, 0.25) is 0 Å². The minimum absolute atomic E-state index is 0.0891. The van der Waals surface area contributed by atoms with Gasteiger partial charge in [-0.25, -0.2) is 0 Å². The summed E-state index contributed by atoms with van der Waals surface area (Å²) in [5, 5.41) is -1.60. The molecule has 1 heterocycles. The van der Waals surface area contributed by atoms with Gasteiger partial charge in [0.05, 0.1) is 5.92 Å². The van der Waals surface area contributed by atoms with Gasteiger partial charge in [0.1, 0.15) is 5.78 Å². The first-order valence-electron chi connectivity index (χ1n) is 9.52. The van der Waals surface area contributed by atoms with E-state index in [1.165, 1.54) is 4.90 Å². The van der Waals surface area contributed by atoms with E-state index in [4.69, 9.17) is 4.55 Å². The number of carbonyl (C=O) groups excluding carboxylic acids is 4. The molecule has 2 aliphatic carbocycles. The molecule has 0 spiro atoms. The molecule has 0 aromatic rings. The Balaban J connectivity index is 1.45. The van der Waals surface area contributed by atoms with Gasteiger partial charge in [-0.2, -0.15) is 8.42 Å². The van der Waals surface area contributed by atoms with Crippen molar-refractivity contribution in [2.24, 2.45) is 17.8 Å². The Bertz CT molecular complexity index is 736. The lowest BCUT2D eigenvalue weighted by Crippen LogP contribution is -2.35. The molecule has 3 rings (SSSR count). The van der Waals surface area contributed by atoms with E-state index in [9.17, 15) is 27.6 Å². The molecule has 3 fully saturated rings. The van der Waals surface area contributed by atoms with Crippen molar-refractivity contribution >= 4 is 33.5 Å². The lowest BCUT2D eigenvalue weighted by atomic mass is 9.78. The topological polar surface area (TPSA) is 126 Å². The van der Waals surface area contributed by atoms with E-state index < -0.39 is 39.3 Å². The number of ketones is 2. The van der Waals surface area contributed by atoms with Crippen LogP contribution in [0.4, 0.5) is 0 Å². The van der Waals surface area contributed by atoms with Gasteiger partial charge < -0.3 is 0 Å². The Morgan fingerprint density at radius 2 is 1.44 bits per heavy atom. The summed E-state index contributed by atoms with van der Waals surface area (Å²) in [6.07, 6.45) is 4.76. The molecule has 3 aliphatic rings. The molecule has 1 saturated heterocycles. The third-order valence-corrected chi connectivity index (χ3v) is 7.34. The molecular weight excluding hydrogens is 374 g/mol. The van der Waals surface area contributed by atoms with Gasteiger partial charge in [0, 0.05) is 25.8 Å². The zero-order valence-electron chi connectivity index (χ0n) is 15.1. The number of imide groups is 1. The number of hydrogen-bond acceptors (Lipinski definition) is 6. The van der Waals surface area contributed by atoms with Crippen molar-refractivity contribution in [2.75, 3.05) is 6.54 Å². The first-order valence-corrected chi connectivity index (χ1v) is 11.0. The third-order valence-electron chi connectivity index (χ3n) is 6.22. The molecule has 2 atom stereocenters. The number of hydrogen-bond donors (Lipinski definition) is 1. The molecule has 27 heavy (non-hydrogen) atoms. The van der Waals surface area contributed by atoms with Crippen LogP contribution in [0, 0.1) is 17.8 Å². The van der Waals surface area contributed by atoms with E-state index in [1.54, 1.807) is 0 Å². The van der Waals surface area contributed by atoms with Crippen LogP contribution in [0.3, 0.4) is 0 Å². The van der Waals surface area contributed by atoms with E-state index in [2.05, 4.69) is 0 Å². The van der Waals surface area contributed by atoms with Crippen LogP contribution >= 0.6 is 0 Å². The fraction of sp³-hybridized carbons (Fsp3) is 0.778. The fourth-order valence-corrected chi connectivity index (χ4v) is 5.39. The minimum atomic E-state index is -4.52. The Hall–Kier alpha value is -1.61. The molecule has 1 aliphatic heterocycles. The summed E-state index contributed by atoms with van der Waals surface area (Å²) < 4.78 is 31.5. The first-order chi connectivity index (χ1) is 12.7. The van der Waals surface area contributed by atoms with Crippen molar-refractivity contribution in [1.82, 2.24) is 4.90 Å². The minimum Gasteiger partial charge on any atom is -0.299 e. The molecule has 150 valence electrons. The molecular formula is C18H25NO7S. The normalized spacial score (nSPS) is 32.6. The average molecular weight is 399 g/mol. The lowest BCUT2D eigenvalue weighted by molar-refractivity contribution is -0.139. The molecule has 8 nitrogen and oxygen atoms in total.